The molecule has 3 rings (SSSR count). The number of rotatable bonds is 5. The smallest absolute Gasteiger partial charge is 0.155 e. The fourth-order valence-corrected chi connectivity index (χ4v) is 2.14. The predicted molar refractivity (Wildman–Crippen MR) is 78.8 cm³/mol. The van der Waals surface area contributed by atoms with Gasteiger partial charge < -0.3 is 4.74 Å². The van der Waals surface area contributed by atoms with E-state index in [1.54, 1.807) is 12.4 Å². The molecule has 0 spiro atoms. The SMILES string of the molecule is CCCCOc1cccc(-c2cnc3cnccn23)c1. The minimum atomic E-state index is 0.761. The van der Waals surface area contributed by atoms with Gasteiger partial charge in [-0.3, -0.25) is 9.38 Å². The van der Waals surface area contributed by atoms with Crippen molar-refractivity contribution in [3.05, 3.63) is 49.1 Å². The lowest BCUT2D eigenvalue weighted by molar-refractivity contribution is 0.309. The maximum absolute atomic E-state index is 5.76. The summed E-state index contributed by atoms with van der Waals surface area (Å²) in [6.45, 7) is 2.92. The van der Waals surface area contributed by atoms with E-state index in [2.05, 4.69) is 29.0 Å². The van der Waals surface area contributed by atoms with Gasteiger partial charge in [-0.25, -0.2) is 4.98 Å². The fourth-order valence-electron chi connectivity index (χ4n) is 2.14. The van der Waals surface area contributed by atoms with Crippen LogP contribution < -0.4 is 4.74 Å². The summed E-state index contributed by atoms with van der Waals surface area (Å²) in [6.07, 6.45) is 9.51. The Balaban J connectivity index is 1.92. The van der Waals surface area contributed by atoms with Crippen LogP contribution in [0.4, 0.5) is 0 Å². The molecule has 20 heavy (non-hydrogen) atoms. The molecule has 2 aromatic heterocycles. The van der Waals surface area contributed by atoms with Crippen LogP contribution >= 0.6 is 0 Å². The number of aromatic nitrogens is 3. The quantitative estimate of drug-likeness (QED) is 0.663. The normalized spacial score (nSPS) is 10.8. The number of fused-ring (bicyclic) bond motifs is 1. The number of ether oxygens (including phenoxy) is 1. The number of unbranched alkanes of at least 4 members (excludes halogenated alkanes) is 1. The van der Waals surface area contributed by atoms with Crippen molar-refractivity contribution < 1.29 is 4.74 Å². The molecule has 0 aliphatic rings. The van der Waals surface area contributed by atoms with E-state index < -0.39 is 0 Å². The highest BCUT2D eigenvalue weighted by molar-refractivity contribution is 5.64. The molecule has 3 aromatic rings. The molecule has 4 nitrogen and oxygen atoms in total. The van der Waals surface area contributed by atoms with Crippen LogP contribution in [-0.2, 0) is 0 Å². The number of hydrogen-bond acceptors (Lipinski definition) is 3. The lowest BCUT2D eigenvalue weighted by Crippen LogP contribution is -1.96. The van der Waals surface area contributed by atoms with Crippen molar-refractivity contribution in [2.45, 2.75) is 19.8 Å². The minimum absolute atomic E-state index is 0.761. The first-order valence-electron chi connectivity index (χ1n) is 6.89. The van der Waals surface area contributed by atoms with Crippen LogP contribution in [0.25, 0.3) is 16.9 Å². The lowest BCUT2D eigenvalue weighted by Gasteiger charge is -2.07. The monoisotopic (exact) mass is 267 g/mol. The highest BCUT2D eigenvalue weighted by Crippen LogP contribution is 2.24. The summed E-state index contributed by atoms with van der Waals surface area (Å²) >= 11 is 0. The van der Waals surface area contributed by atoms with E-state index in [0.717, 1.165) is 42.1 Å². The van der Waals surface area contributed by atoms with Crippen molar-refractivity contribution in [3.8, 4) is 17.0 Å². The molecule has 0 atom stereocenters. The average Bonchev–Trinajstić information content (AvgIpc) is 2.92. The maximum Gasteiger partial charge on any atom is 0.155 e. The van der Waals surface area contributed by atoms with Crippen LogP contribution in [0, 0.1) is 0 Å². The van der Waals surface area contributed by atoms with Crippen LogP contribution in [0.2, 0.25) is 0 Å². The second-order valence-corrected chi connectivity index (χ2v) is 4.68. The summed E-state index contributed by atoms with van der Waals surface area (Å²) in [5, 5.41) is 0. The van der Waals surface area contributed by atoms with Gasteiger partial charge in [-0.1, -0.05) is 25.5 Å². The first kappa shape index (κ1) is 12.7. The molecule has 0 amide bonds. The molecule has 1 aromatic carbocycles. The molecular weight excluding hydrogens is 250 g/mol. The van der Waals surface area contributed by atoms with Crippen molar-refractivity contribution in [2.75, 3.05) is 6.61 Å². The zero-order chi connectivity index (χ0) is 13.8. The predicted octanol–water partition coefficient (Wildman–Crippen LogP) is 3.58. The summed E-state index contributed by atoms with van der Waals surface area (Å²) in [5.74, 6) is 0.903. The molecular formula is C16H17N3O. The molecule has 0 aliphatic carbocycles. The van der Waals surface area contributed by atoms with Gasteiger partial charge in [0.05, 0.1) is 24.7 Å². The second kappa shape index (κ2) is 5.74. The van der Waals surface area contributed by atoms with E-state index in [1.165, 1.54) is 0 Å². The Bertz CT molecular complexity index is 706. The van der Waals surface area contributed by atoms with Gasteiger partial charge in [0.2, 0.25) is 0 Å². The third-order valence-corrected chi connectivity index (χ3v) is 3.21. The number of imidazole rings is 1. The fraction of sp³-hybridized carbons (Fsp3) is 0.250. The Morgan fingerprint density at radius 1 is 1.25 bits per heavy atom. The molecule has 2 heterocycles. The lowest BCUT2D eigenvalue weighted by atomic mass is 10.1. The Hall–Kier alpha value is -2.36. The number of nitrogens with zero attached hydrogens (tertiary/aromatic N) is 3. The van der Waals surface area contributed by atoms with E-state index in [0.29, 0.717) is 0 Å². The van der Waals surface area contributed by atoms with Gasteiger partial charge in [0.25, 0.3) is 0 Å². The molecule has 4 heteroatoms. The Morgan fingerprint density at radius 3 is 3.10 bits per heavy atom. The van der Waals surface area contributed by atoms with Gasteiger partial charge in [0.1, 0.15) is 5.75 Å². The van der Waals surface area contributed by atoms with Crippen LogP contribution in [0.1, 0.15) is 19.8 Å². The van der Waals surface area contributed by atoms with Crippen LogP contribution in [0.3, 0.4) is 0 Å². The summed E-state index contributed by atoms with van der Waals surface area (Å²) in [5.41, 5.74) is 2.99. The van der Waals surface area contributed by atoms with Crippen LogP contribution in [-0.4, -0.2) is 21.0 Å². The molecule has 0 unspecified atom stereocenters. The maximum atomic E-state index is 5.76. The molecule has 0 saturated heterocycles. The zero-order valence-corrected chi connectivity index (χ0v) is 11.5. The van der Waals surface area contributed by atoms with Gasteiger partial charge in [-0.15, -0.1) is 0 Å². The summed E-state index contributed by atoms with van der Waals surface area (Å²) < 4.78 is 7.78. The number of hydrogen-bond donors (Lipinski definition) is 0. The zero-order valence-electron chi connectivity index (χ0n) is 11.5. The minimum Gasteiger partial charge on any atom is -0.494 e. The van der Waals surface area contributed by atoms with Gasteiger partial charge in [0.15, 0.2) is 5.65 Å². The third kappa shape index (κ3) is 2.50. The van der Waals surface area contributed by atoms with Gasteiger partial charge in [-0.05, 0) is 18.6 Å². The summed E-state index contributed by atoms with van der Waals surface area (Å²) in [7, 11) is 0. The molecule has 0 saturated carbocycles. The Kier molecular flexibility index (Phi) is 3.63. The first-order valence-corrected chi connectivity index (χ1v) is 6.89. The molecule has 0 fully saturated rings. The number of benzene rings is 1. The van der Waals surface area contributed by atoms with Crippen molar-refractivity contribution >= 4 is 5.65 Å². The van der Waals surface area contributed by atoms with Gasteiger partial charge >= 0.3 is 0 Å². The van der Waals surface area contributed by atoms with E-state index >= 15 is 0 Å². The topological polar surface area (TPSA) is 39.4 Å². The van der Waals surface area contributed by atoms with Gasteiger partial charge in [-0.2, -0.15) is 0 Å². The Morgan fingerprint density at radius 2 is 2.20 bits per heavy atom. The Labute approximate surface area is 118 Å². The van der Waals surface area contributed by atoms with E-state index in [9.17, 15) is 0 Å². The first-order chi connectivity index (χ1) is 9.88. The molecule has 0 aliphatic heterocycles. The van der Waals surface area contributed by atoms with E-state index in [1.807, 2.05) is 28.9 Å². The van der Waals surface area contributed by atoms with E-state index in [4.69, 9.17) is 4.74 Å². The van der Waals surface area contributed by atoms with Crippen LogP contribution in [0.15, 0.2) is 49.1 Å². The van der Waals surface area contributed by atoms with Gasteiger partial charge in [0, 0.05) is 18.0 Å². The molecule has 0 radical (unpaired) electrons. The second-order valence-electron chi connectivity index (χ2n) is 4.68. The van der Waals surface area contributed by atoms with Crippen molar-refractivity contribution in [1.29, 1.82) is 0 Å². The van der Waals surface area contributed by atoms with E-state index in [-0.39, 0.29) is 0 Å². The molecule has 0 N–H and O–H groups in total. The summed E-state index contributed by atoms with van der Waals surface area (Å²) in [4.78, 5) is 8.44. The average molecular weight is 267 g/mol. The molecule has 102 valence electrons. The largest absolute Gasteiger partial charge is 0.494 e. The highest BCUT2D eigenvalue weighted by atomic mass is 16.5. The van der Waals surface area contributed by atoms with Crippen molar-refractivity contribution in [2.24, 2.45) is 0 Å². The van der Waals surface area contributed by atoms with Crippen molar-refractivity contribution in [3.63, 3.8) is 0 Å². The van der Waals surface area contributed by atoms with Crippen molar-refractivity contribution in [1.82, 2.24) is 14.4 Å². The standard InChI is InChI=1S/C16H17N3O/c1-2-3-9-20-14-6-4-5-13(10-14)15-11-18-16-12-17-7-8-19(15)16/h4-8,10-12H,2-3,9H2,1H3. The summed E-state index contributed by atoms with van der Waals surface area (Å²) in [6, 6.07) is 8.12. The third-order valence-electron chi connectivity index (χ3n) is 3.21. The molecule has 0 bridgehead atoms. The highest BCUT2D eigenvalue weighted by Gasteiger charge is 2.06. The van der Waals surface area contributed by atoms with Crippen LogP contribution in [0.5, 0.6) is 5.75 Å².